The van der Waals surface area contributed by atoms with E-state index in [2.05, 4.69) is 5.10 Å². The van der Waals surface area contributed by atoms with Gasteiger partial charge in [-0.1, -0.05) is 0 Å². The van der Waals surface area contributed by atoms with Crippen molar-refractivity contribution in [2.45, 2.75) is 26.2 Å². The van der Waals surface area contributed by atoms with Gasteiger partial charge in [-0.25, -0.2) is 0 Å². The zero-order chi connectivity index (χ0) is 12.1. The van der Waals surface area contributed by atoms with E-state index in [-0.39, 0.29) is 5.92 Å². The van der Waals surface area contributed by atoms with E-state index in [9.17, 15) is 4.79 Å². The maximum absolute atomic E-state index is 11.1. The van der Waals surface area contributed by atoms with E-state index in [4.69, 9.17) is 10.8 Å². The summed E-state index contributed by atoms with van der Waals surface area (Å²) in [7, 11) is 1.84. The lowest BCUT2D eigenvalue weighted by Crippen LogP contribution is -2.19. The zero-order valence-corrected chi connectivity index (χ0v) is 9.81. The lowest BCUT2D eigenvalue weighted by atomic mass is 9.97. The first-order valence-corrected chi connectivity index (χ1v) is 5.47. The molecule has 0 aliphatic heterocycles. The zero-order valence-electron chi connectivity index (χ0n) is 9.81. The molecule has 0 fully saturated rings. The van der Waals surface area contributed by atoms with Crippen LogP contribution < -0.4 is 5.73 Å². The topological polar surface area (TPSA) is 81.1 Å². The van der Waals surface area contributed by atoms with Crippen molar-refractivity contribution in [3.63, 3.8) is 0 Å². The number of hydrogen-bond donors (Lipinski definition) is 2. The van der Waals surface area contributed by atoms with Crippen LogP contribution in [0.15, 0.2) is 6.07 Å². The summed E-state index contributed by atoms with van der Waals surface area (Å²) >= 11 is 0. The second kappa shape index (κ2) is 5.65. The lowest BCUT2D eigenvalue weighted by Gasteiger charge is -2.11. The molecule has 3 N–H and O–H groups in total. The summed E-state index contributed by atoms with van der Waals surface area (Å²) in [6.45, 7) is 2.44. The Labute approximate surface area is 95.3 Å². The molecule has 0 aromatic carbocycles. The number of carboxylic acid groups (broad SMARTS) is 1. The van der Waals surface area contributed by atoms with E-state index in [0.717, 1.165) is 17.8 Å². The van der Waals surface area contributed by atoms with Gasteiger partial charge in [0.1, 0.15) is 0 Å². The van der Waals surface area contributed by atoms with Gasteiger partial charge < -0.3 is 10.8 Å². The van der Waals surface area contributed by atoms with Crippen molar-refractivity contribution in [3.8, 4) is 0 Å². The van der Waals surface area contributed by atoms with Crippen molar-refractivity contribution in [1.29, 1.82) is 0 Å². The molecule has 5 nitrogen and oxygen atoms in total. The average molecular weight is 225 g/mol. The number of aromatic nitrogens is 2. The largest absolute Gasteiger partial charge is 0.481 e. The monoisotopic (exact) mass is 225 g/mol. The van der Waals surface area contributed by atoms with Crippen LogP contribution in [0.4, 0.5) is 0 Å². The highest BCUT2D eigenvalue weighted by Gasteiger charge is 2.19. The smallest absolute Gasteiger partial charge is 0.306 e. The van der Waals surface area contributed by atoms with Crippen molar-refractivity contribution in [1.82, 2.24) is 9.78 Å². The second-order valence-electron chi connectivity index (χ2n) is 4.07. The van der Waals surface area contributed by atoms with Gasteiger partial charge in [-0.2, -0.15) is 5.10 Å². The van der Waals surface area contributed by atoms with Crippen molar-refractivity contribution in [2.75, 3.05) is 6.54 Å². The van der Waals surface area contributed by atoms with Crippen molar-refractivity contribution < 1.29 is 9.90 Å². The maximum atomic E-state index is 11.1. The molecule has 0 amide bonds. The Morgan fingerprint density at radius 1 is 1.69 bits per heavy atom. The van der Waals surface area contributed by atoms with E-state index < -0.39 is 5.97 Å². The fourth-order valence-electron chi connectivity index (χ4n) is 1.78. The fraction of sp³-hybridized carbons (Fsp3) is 0.636. The van der Waals surface area contributed by atoms with Gasteiger partial charge in [0.05, 0.1) is 11.6 Å². The van der Waals surface area contributed by atoms with E-state index in [1.54, 1.807) is 4.68 Å². The molecule has 0 aliphatic rings. The fourth-order valence-corrected chi connectivity index (χ4v) is 1.78. The minimum atomic E-state index is -0.757. The van der Waals surface area contributed by atoms with Gasteiger partial charge in [-0.05, 0) is 32.4 Å². The highest BCUT2D eigenvalue weighted by molar-refractivity contribution is 5.70. The molecule has 1 heterocycles. The number of rotatable bonds is 6. The van der Waals surface area contributed by atoms with Gasteiger partial charge in [-0.3, -0.25) is 9.48 Å². The molecule has 90 valence electrons. The summed E-state index contributed by atoms with van der Waals surface area (Å²) in [5.74, 6) is -1.12. The Kier molecular flexibility index (Phi) is 4.49. The highest BCUT2D eigenvalue weighted by atomic mass is 16.4. The number of aliphatic carboxylic acids is 1. The van der Waals surface area contributed by atoms with Gasteiger partial charge in [0, 0.05) is 19.2 Å². The van der Waals surface area contributed by atoms with Crippen molar-refractivity contribution >= 4 is 5.97 Å². The first-order chi connectivity index (χ1) is 7.54. The SMILES string of the molecule is Cc1cc(CC(CCCN)C(=O)O)n(C)n1. The molecule has 16 heavy (non-hydrogen) atoms. The highest BCUT2D eigenvalue weighted by Crippen LogP contribution is 2.14. The normalized spacial score (nSPS) is 12.7. The Balaban J connectivity index is 2.67. The number of nitrogens with zero attached hydrogens (tertiary/aromatic N) is 2. The van der Waals surface area contributed by atoms with E-state index in [1.807, 2.05) is 20.0 Å². The molecule has 1 aromatic heterocycles. The molecule has 0 spiro atoms. The first-order valence-electron chi connectivity index (χ1n) is 5.47. The van der Waals surface area contributed by atoms with Crippen LogP contribution in [0.25, 0.3) is 0 Å². The number of nitrogens with two attached hydrogens (primary N) is 1. The molecular weight excluding hydrogens is 206 g/mol. The standard InChI is InChI=1S/C11H19N3O2/c1-8-6-10(14(2)13-8)7-9(11(15)16)4-3-5-12/h6,9H,3-5,7,12H2,1-2H3,(H,15,16). The molecular formula is C11H19N3O2. The number of aryl methyl sites for hydroxylation is 2. The Bertz CT molecular complexity index is 360. The molecule has 0 saturated heterocycles. The number of hydrogen-bond acceptors (Lipinski definition) is 3. The summed E-state index contributed by atoms with van der Waals surface area (Å²) in [6.07, 6.45) is 1.89. The quantitative estimate of drug-likeness (QED) is 0.747. The summed E-state index contributed by atoms with van der Waals surface area (Å²) in [4.78, 5) is 11.1. The molecule has 5 heteroatoms. The molecule has 0 bridgehead atoms. The van der Waals surface area contributed by atoms with Gasteiger partial charge in [-0.15, -0.1) is 0 Å². The summed E-state index contributed by atoms with van der Waals surface area (Å²) in [5.41, 5.74) is 7.27. The number of carbonyl (C=O) groups is 1. The van der Waals surface area contributed by atoms with Crippen LogP contribution in [0.3, 0.4) is 0 Å². The van der Waals surface area contributed by atoms with Crippen LogP contribution in [0.1, 0.15) is 24.2 Å². The molecule has 0 aliphatic carbocycles. The molecule has 1 rings (SSSR count). The summed E-state index contributed by atoms with van der Waals surface area (Å²) in [6, 6.07) is 1.93. The van der Waals surface area contributed by atoms with Gasteiger partial charge in [0.2, 0.25) is 0 Å². The minimum Gasteiger partial charge on any atom is -0.481 e. The molecule has 0 saturated carbocycles. The number of carboxylic acids is 1. The summed E-state index contributed by atoms with van der Waals surface area (Å²) in [5, 5.41) is 13.3. The Morgan fingerprint density at radius 3 is 2.81 bits per heavy atom. The summed E-state index contributed by atoms with van der Waals surface area (Å²) < 4.78 is 1.74. The second-order valence-corrected chi connectivity index (χ2v) is 4.07. The van der Waals surface area contributed by atoms with Crippen LogP contribution in [-0.2, 0) is 18.3 Å². The van der Waals surface area contributed by atoms with Crippen LogP contribution in [-0.4, -0.2) is 27.4 Å². The predicted molar refractivity (Wildman–Crippen MR) is 61.1 cm³/mol. The van der Waals surface area contributed by atoms with Gasteiger partial charge in [0.25, 0.3) is 0 Å². The molecule has 1 aromatic rings. The van der Waals surface area contributed by atoms with Crippen LogP contribution in [0.5, 0.6) is 0 Å². The van der Waals surface area contributed by atoms with Gasteiger partial charge >= 0.3 is 5.97 Å². The van der Waals surface area contributed by atoms with E-state index in [0.29, 0.717) is 19.4 Å². The van der Waals surface area contributed by atoms with E-state index in [1.165, 1.54) is 0 Å². The van der Waals surface area contributed by atoms with Crippen molar-refractivity contribution in [3.05, 3.63) is 17.5 Å². The third kappa shape index (κ3) is 3.34. The lowest BCUT2D eigenvalue weighted by molar-refractivity contribution is -0.142. The van der Waals surface area contributed by atoms with Crippen LogP contribution in [0.2, 0.25) is 0 Å². The van der Waals surface area contributed by atoms with Crippen molar-refractivity contribution in [2.24, 2.45) is 18.7 Å². The predicted octanol–water partition coefficient (Wildman–Crippen LogP) is 0.711. The Hall–Kier alpha value is -1.36. The third-order valence-corrected chi connectivity index (χ3v) is 2.66. The van der Waals surface area contributed by atoms with Crippen LogP contribution >= 0.6 is 0 Å². The third-order valence-electron chi connectivity index (χ3n) is 2.66. The Morgan fingerprint density at radius 2 is 2.38 bits per heavy atom. The molecule has 1 atom stereocenters. The first kappa shape index (κ1) is 12.7. The average Bonchev–Trinajstić information content (AvgIpc) is 2.51. The van der Waals surface area contributed by atoms with Crippen LogP contribution in [0, 0.1) is 12.8 Å². The molecule has 1 unspecified atom stereocenters. The molecule has 0 radical (unpaired) electrons. The minimum absolute atomic E-state index is 0.363. The van der Waals surface area contributed by atoms with Gasteiger partial charge in [0.15, 0.2) is 0 Å². The van der Waals surface area contributed by atoms with E-state index >= 15 is 0 Å². The maximum Gasteiger partial charge on any atom is 0.306 e.